The van der Waals surface area contributed by atoms with Gasteiger partial charge in [-0.3, -0.25) is 4.79 Å². The summed E-state index contributed by atoms with van der Waals surface area (Å²) in [6.07, 6.45) is 5.86. The summed E-state index contributed by atoms with van der Waals surface area (Å²) in [6, 6.07) is 7.91. The van der Waals surface area contributed by atoms with Crippen LogP contribution in [0, 0.1) is 17.8 Å². The number of hydrogen-bond donors (Lipinski definition) is 2. The van der Waals surface area contributed by atoms with Crippen LogP contribution < -0.4 is 5.32 Å². The van der Waals surface area contributed by atoms with Crippen LogP contribution in [-0.2, 0) is 17.8 Å². The van der Waals surface area contributed by atoms with Gasteiger partial charge in [-0.25, -0.2) is 0 Å². The number of benzene rings is 1. The van der Waals surface area contributed by atoms with Crippen molar-refractivity contribution in [3.05, 3.63) is 35.4 Å². The predicted octanol–water partition coefficient (Wildman–Crippen LogP) is 2.84. The zero-order valence-electron chi connectivity index (χ0n) is 11.8. The van der Waals surface area contributed by atoms with Crippen molar-refractivity contribution in [2.75, 3.05) is 6.54 Å². The van der Waals surface area contributed by atoms with Gasteiger partial charge in [-0.1, -0.05) is 24.3 Å². The third-order valence-corrected chi connectivity index (χ3v) is 4.54. The predicted molar refractivity (Wildman–Crippen MR) is 78.4 cm³/mol. The number of aliphatic carboxylic acids is 1. The molecular weight excluding hydrogens is 250 g/mol. The average molecular weight is 273 g/mol. The van der Waals surface area contributed by atoms with Crippen molar-refractivity contribution in [2.24, 2.45) is 17.8 Å². The second kappa shape index (κ2) is 5.96. The lowest BCUT2D eigenvalue weighted by molar-refractivity contribution is -0.136. The van der Waals surface area contributed by atoms with E-state index >= 15 is 0 Å². The first kappa shape index (κ1) is 13.6. The van der Waals surface area contributed by atoms with Crippen LogP contribution in [0.3, 0.4) is 0 Å². The van der Waals surface area contributed by atoms with Crippen molar-refractivity contribution in [3.63, 3.8) is 0 Å². The normalized spacial score (nSPS) is 18.4. The smallest absolute Gasteiger partial charge is 0.307 e. The van der Waals surface area contributed by atoms with Gasteiger partial charge in [-0.05, 0) is 61.1 Å². The summed E-state index contributed by atoms with van der Waals surface area (Å²) in [7, 11) is 0. The van der Waals surface area contributed by atoms with Crippen molar-refractivity contribution >= 4 is 5.97 Å². The highest BCUT2D eigenvalue weighted by Gasteiger charge is 2.40. The molecule has 2 fully saturated rings. The van der Waals surface area contributed by atoms with Gasteiger partial charge in [0.1, 0.15) is 0 Å². The Morgan fingerprint density at radius 1 is 1.10 bits per heavy atom. The second-order valence-corrected chi connectivity index (χ2v) is 6.36. The fourth-order valence-corrected chi connectivity index (χ4v) is 3.10. The number of nitrogens with one attached hydrogen (secondary N) is 1. The molecule has 0 unspecified atom stereocenters. The van der Waals surface area contributed by atoms with Gasteiger partial charge in [0.2, 0.25) is 0 Å². The lowest BCUT2D eigenvalue weighted by atomic mass is 9.98. The molecule has 3 heteroatoms. The van der Waals surface area contributed by atoms with Crippen LogP contribution in [0.1, 0.15) is 36.8 Å². The van der Waals surface area contributed by atoms with E-state index in [0.717, 1.165) is 36.4 Å². The maximum atomic E-state index is 10.6. The Bertz CT molecular complexity index is 448. The fourth-order valence-electron chi connectivity index (χ4n) is 3.10. The van der Waals surface area contributed by atoms with E-state index in [2.05, 4.69) is 5.32 Å². The number of hydrogen-bond acceptors (Lipinski definition) is 2. The molecule has 2 aliphatic rings. The van der Waals surface area contributed by atoms with E-state index in [1.807, 2.05) is 24.3 Å². The number of carboxylic acid groups (broad SMARTS) is 1. The Balaban J connectivity index is 1.44. The standard InChI is InChI=1S/C17H23NO2/c19-17(20)9-12-1-3-13(4-2-12)10-18-11-16(14-5-6-14)15-7-8-15/h1-4,14-16,18H,5-11H2,(H,19,20). The summed E-state index contributed by atoms with van der Waals surface area (Å²) >= 11 is 0. The minimum absolute atomic E-state index is 0.110. The first-order chi connectivity index (χ1) is 9.72. The SMILES string of the molecule is O=C(O)Cc1ccc(CNCC(C2CC2)C2CC2)cc1. The number of carboxylic acids is 1. The van der Waals surface area contributed by atoms with Crippen LogP contribution in [0.25, 0.3) is 0 Å². The van der Waals surface area contributed by atoms with Crippen molar-refractivity contribution in [1.29, 1.82) is 0 Å². The van der Waals surface area contributed by atoms with Crippen molar-refractivity contribution in [1.82, 2.24) is 5.32 Å². The minimum Gasteiger partial charge on any atom is -0.481 e. The molecule has 0 spiro atoms. The summed E-state index contributed by atoms with van der Waals surface area (Å²) in [5.74, 6) is 2.12. The molecular formula is C17H23NO2. The summed E-state index contributed by atoms with van der Waals surface area (Å²) < 4.78 is 0. The Labute approximate surface area is 120 Å². The van der Waals surface area contributed by atoms with E-state index in [1.165, 1.54) is 31.2 Å². The lowest BCUT2D eigenvalue weighted by Gasteiger charge is -2.16. The molecule has 3 nitrogen and oxygen atoms in total. The Morgan fingerprint density at radius 3 is 2.15 bits per heavy atom. The summed E-state index contributed by atoms with van der Waals surface area (Å²) in [5, 5.41) is 12.3. The quantitative estimate of drug-likeness (QED) is 0.765. The molecule has 2 N–H and O–H groups in total. The van der Waals surface area contributed by atoms with Crippen LogP contribution in [0.2, 0.25) is 0 Å². The van der Waals surface area contributed by atoms with E-state index < -0.39 is 5.97 Å². The highest BCUT2D eigenvalue weighted by atomic mass is 16.4. The molecule has 3 rings (SSSR count). The van der Waals surface area contributed by atoms with Crippen LogP contribution >= 0.6 is 0 Å². The van der Waals surface area contributed by atoms with Gasteiger partial charge < -0.3 is 10.4 Å². The van der Waals surface area contributed by atoms with Gasteiger partial charge in [0.15, 0.2) is 0 Å². The van der Waals surface area contributed by atoms with E-state index in [9.17, 15) is 4.79 Å². The first-order valence-electron chi connectivity index (χ1n) is 7.72. The molecule has 0 heterocycles. The Kier molecular flexibility index (Phi) is 4.06. The van der Waals surface area contributed by atoms with Gasteiger partial charge >= 0.3 is 5.97 Å². The van der Waals surface area contributed by atoms with Crippen LogP contribution in [-0.4, -0.2) is 17.6 Å². The molecule has 0 saturated heterocycles. The van der Waals surface area contributed by atoms with Gasteiger partial charge in [0.05, 0.1) is 6.42 Å². The third-order valence-electron chi connectivity index (χ3n) is 4.54. The maximum Gasteiger partial charge on any atom is 0.307 e. The van der Waals surface area contributed by atoms with Gasteiger partial charge in [0, 0.05) is 6.54 Å². The average Bonchev–Trinajstić information content (AvgIpc) is 3.28. The lowest BCUT2D eigenvalue weighted by Crippen LogP contribution is -2.25. The molecule has 0 aromatic heterocycles. The highest BCUT2D eigenvalue weighted by molar-refractivity contribution is 5.70. The Hall–Kier alpha value is -1.35. The molecule has 2 aliphatic carbocycles. The molecule has 1 aromatic rings. The molecule has 2 saturated carbocycles. The first-order valence-corrected chi connectivity index (χ1v) is 7.72. The van der Waals surface area contributed by atoms with Crippen LogP contribution in [0.4, 0.5) is 0 Å². The van der Waals surface area contributed by atoms with E-state index in [1.54, 1.807) is 0 Å². The molecule has 0 aliphatic heterocycles. The van der Waals surface area contributed by atoms with Gasteiger partial charge in [-0.2, -0.15) is 0 Å². The fraction of sp³-hybridized carbons (Fsp3) is 0.588. The Morgan fingerprint density at radius 2 is 1.65 bits per heavy atom. The summed E-state index contributed by atoms with van der Waals surface area (Å²) in [6.45, 7) is 2.04. The van der Waals surface area contributed by atoms with Gasteiger partial charge in [-0.15, -0.1) is 0 Å². The molecule has 20 heavy (non-hydrogen) atoms. The topological polar surface area (TPSA) is 49.3 Å². The van der Waals surface area contributed by atoms with E-state index in [0.29, 0.717) is 0 Å². The summed E-state index contributed by atoms with van der Waals surface area (Å²) in [5.41, 5.74) is 2.11. The number of carbonyl (C=O) groups is 1. The third kappa shape index (κ3) is 3.83. The van der Waals surface area contributed by atoms with E-state index in [-0.39, 0.29) is 6.42 Å². The zero-order chi connectivity index (χ0) is 13.9. The van der Waals surface area contributed by atoms with E-state index in [4.69, 9.17) is 5.11 Å². The monoisotopic (exact) mass is 273 g/mol. The molecule has 0 bridgehead atoms. The number of rotatable bonds is 8. The molecule has 0 atom stereocenters. The van der Waals surface area contributed by atoms with Gasteiger partial charge in [0.25, 0.3) is 0 Å². The molecule has 108 valence electrons. The highest BCUT2D eigenvalue weighted by Crippen LogP contribution is 2.48. The molecule has 0 amide bonds. The molecule has 1 aromatic carbocycles. The van der Waals surface area contributed by atoms with Crippen molar-refractivity contribution in [3.8, 4) is 0 Å². The second-order valence-electron chi connectivity index (χ2n) is 6.36. The zero-order valence-corrected chi connectivity index (χ0v) is 11.8. The molecule has 0 radical (unpaired) electrons. The van der Waals surface area contributed by atoms with Crippen LogP contribution in [0.15, 0.2) is 24.3 Å². The van der Waals surface area contributed by atoms with Crippen LogP contribution in [0.5, 0.6) is 0 Å². The van der Waals surface area contributed by atoms with Crippen molar-refractivity contribution < 1.29 is 9.90 Å². The largest absolute Gasteiger partial charge is 0.481 e. The van der Waals surface area contributed by atoms with Crippen molar-refractivity contribution in [2.45, 2.75) is 38.6 Å². The minimum atomic E-state index is -0.771. The maximum absolute atomic E-state index is 10.6. The summed E-state index contributed by atoms with van der Waals surface area (Å²) in [4.78, 5) is 10.6.